The molecule has 1 heterocycles. The fraction of sp³-hybridized carbons (Fsp3) is 0.214. The van der Waals surface area contributed by atoms with Crippen LogP contribution in [-0.4, -0.2) is 21.4 Å². The molecule has 104 valence electrons. The average Bonchev–Trinajstić information content (AvgIpc) is 2.42. The number of H-pyrrole nitrogens is 1. The highest BCUT2D eigenvalue weighted by atomic mass is 16.5. The Bertz CT molecular complexity index is 716. The minimum Gasteiger partial charge on any atom is -0.355 e. The molecule has 0 aliphatic carbocycles. The molecule has 1 N–H and O–H groups in total. The number of ether oxygens (including phenoxy) is 1. The number of nitrogens with zero attached hydrogens (tertiary/aromatic N) is 2. The summed E-state index contributed by atoms with van der Waals surface area (Å²) in [6.07, 6.45) is 0. The van der Waals surface area contributed by atoms with Crippen LogP contribution < -0.4 is 11.2 Å². The fourth-order valence-corrected chi connectivity index (χ4v) is 1.61. The van der Waals surface area contributed by atoms with Gasteiger partial charge in [0.25, 0.3) is 5.56 Å². The van der Waals surface area contributed by atoms with Gasteiger partial charge in [0.15, 0.2) is 5.69 Å². The van der Waals surface area contributed by atoms with E-state index in [0.29, 0.717) is 12.2 Å². The first-order valence-corrected chi connectivity index (χ1v) is 6.07. The number of hydrogen-bond donors (Lipinski definition) is 1. The van der Waals surface area contributed by atoms with Crippen molar-refractivity contribution in [3.8, 4) is 11.3 Å². The number of aromatic nitrogens is 3. The van der Waals surface area contributed by atoms with E-state index < -0.39 is 11.2 Å². The molecule has 0 unspecified atom stereocenters. The zero-order valence-corrected chi connectivity index (χ0v) is 11.1. The van der Waals surface area contributed by atoms with Gasteiger partial charge in [-0.3, -0.25) is 9.78 Å². The van der Waals surface area contributed by atoms with E-state index in [-0.39, 0.29) is 12.4 Å². The monoisotopic (exact) mass is 273 g/mol. The van der Waals surface area contributed by atoms with Crippen LogP contribution in [0.4, 0.5) is 0 Å². The second-order valence-electron chi connectivity index (χ2n) is 4.41. The topological polar surface area (TPSA) is 77.0 Å². The van der Waals surface area contributed by atoms with Crippen LogP contribution >= 0.6 is 0 Å². The Labute approximate surface area is 115 Å². The van der Waals surface area contributed by atoms with Crippen molar-refractivity contribution in [3.05, 3.63) is 63.3 Å². The lowest BCUT2D eigenvalue weighted by Gasteiger charge is -2.07. The van der Waals surface area contributed by atoms with Crippen molar-refractivity contribution in [2.45, 2.75) is 13.7 Å². The van der Waals surface area contributed by atoms with Crippen LogP contribution in [0.1, 0.15) is 6.92 Å². The molecule has 2 rings (SSSR count). The number of rotatable bonds is 5. The first-order chi connectivity index (χ1) is 9.58. The van der Waals surface area contributed by atoms with Gasteiger partial charge in [-0.1, -0.05) is 42.5 Å². The van der Waals surface area contributed by atoms with Gasteiger partial charge in [-0.15, -0.1) is 0 Å². The molecule has 0 fully saturated rings. The summed E-state index contributed by atoms with van der Waals surface area (Å²) in [6, 6.07) is 8.93. The van der Waals surface area contributed by atoms with Crippen LogP contribution in [0.2, 0.25) is 0 Å². The van der Waals surface area contributed by atoms with Crippen LogP contribution in [-0.2, 0) is 11.5 Å². The Hall–Kier alpha value is -2.47. The van der Waals surface area contributed by atoms with Gasteiger partial charge in [0.1, 0.15) is 6.73 Å². The summed E-state index contributed by atoms with van der Waals surface area (Å²) < 4.78 is 6.35. The fourth-order valence-electron chi connectivity index (χ4n) is 1.61. The summed E-state index contributed by atoms with van der Waals surface area (Å²) in [5, 5.41) is 4.04. The Kier molecular flexibility index (Phi) is 4.27. The quantitative estimate of drug-likeness (QED) is 0.829. The molecular weight excluding hydrogens is 258 g/mol. The Balaban J connectivity index is 2.33. The molecule has 2 aromatic rings. The first-order valence-electron chi connectivity index (χ1n) is 6.07. The third kappa shape index (κ3) is 3.30. The number of nitrogens with one attached hydrogen (secondary N) is 1. The number of aromatic amines is 1. The predicted molar refractivity (Wildman–Crippen MR) is 75.3 cm³/mol. The standard InChI is InChI=1S/C14H15N3O3/c1-10(2)8-20-9-17-14(19)15-13(18)12(16-17)11-6-4-3-5-7-11/h3-7H,1,8-9H2,2H3,(H,15,18,19). The molecule has 0 radical (unpaired) electrons. The highest BCUT2D eigenvalue weighted by Gasteiger charge is 2.08. The van der Waals surface area contributed by atoms with Crippen molar-refractivity contribution in [1.82, 2.24) is 14.8 Å². The maximum atomic E-state index is 11.8. The van der Waals surface area contributed by atoms with Crippen LogP contribution in [0.3, 0.4) is 0 Å². The highest BCUT2D eigenvalue weighted by molar-refractivity contribution is 5.56. The summed E-state index contributed by atoms with van der Waals surface area (Å²) >= 11 is 0. The lowest BCUT2D eigenvalue weighted by molar-refractivity contribution is 0.0814. The smallest absolute Gasteiger partial charge is 0.347 e. The van der Waals surface area contributed by atoms with Gasteiger partial charge in [0.05, 0.1) is 6.61 Å². The van der Waals surface area contributed by atoms with E-state index in [1.165, 1.54) is 0 Å². The van der Waals surface area contributed by atoms with Crippen LogP contribution in [0.5, 0.6) is 0 Å². The SMILES string of the molecule is C=C(C)COCn1nc(-c2ccccc2)c(=O)[nH]c1=O. The van der Waals surface area contributed by atoms with Gasteiger partial charge < -0.3 is 4.74 Å². The minimum absolute atomic E-state index is 0.0394. The second kappa shape index (κ2) is 6.12. The van der Waals surface area contributed by atoms with Gasteiger partial charge in [0.2, 0.25) is 0 Å². The van der Waals surface area contributed by atoms with Gasteiger partial charge in [-0.05, 0) is 6.92 Å². The molecule has 0 aliphatic heterocycles. The second-order valence-corrected chi connectivity index (χ2v) is 4.41. The van der Waals surface area contributed by atoms with Gasteiger partial charge in [-0.25, -0.2) is 4.79 Å². The lowest BCUT2D eigenvalue weighted by Crippen LogP contribution is -2.34. The maximum Gasteiger partial charge on any atom is 0.347 e. The molecule has 0 saturated carbocycles. The molecule has 1 aromatic carbocycles. The van der Waals surface area contributed by atoms with Crippen LogP contribution in [0.15, 0.2) is 52.1 Å². The van der Waals surface area contributed by atoms with Crippen molar-refractivity contribution in [3.63, 3.8) is 0 Å². The molecule has 0 amide bonds. The maximum absolute atomic E-state index is 11.8. The summed E-state index contributed by atoms with van der Waals surface area (Å²) in [7, 11) is 0. The molecular formula is C14H15N3O3. The van der Waals surface area contributed by atoms with E-state index in [1.807, 2.05) is 13.0 Å². The van der Waals surface area contributed by atoms with Gasteiger partial charge >= 0.3 is 5.69 Å². The average molecular weight is 273 g/mol. The van der Waals surface area contributed by atoms with E-state index in [9.17, 15) is 9.59 Å². The molecule has 20 heavy (non-hydrogen) atoms. The minimum atomic E-state index is -0.601. The van der Waals surface area contributed by atoms with Crippen molar-refractivity contribution in [2.24, 2.45) is 0 Å². The zero-order valence-electron chi connectivity index (χ0n) is 11.1. The third-order valence-electron chi connectivity index (χ3n) is 2.50. The molecule has 0 bridgehead atoms. The Morgan fingerprint density at radius 1 is 1.35 bits per heavy atom. The van der Waals surface area contributed by atoms with E-state index in [0.717, 1.165) is 10.3 Å². The first kappa shape index (κ1) is 14.0. The highest BCUT2D eigenvalue weighted by Crippen LogP contribution is 2.09. The molecule has 1 aromatic heterocycles. The van der Waals surface area contributed by atoms with Crippen LogP contribution in [0.25, 0.3) is 11.3 Å². The largest absolute Gasteiger partial charge is 0.355 e. The molecule has 0 spiro atoms. The summed E-state index contributed by atoms with van der Waals surface area (Å²) in [5.41, 5.74) is 0.547. The third-order valence-corrected chi connectivity index (χ3v) is 2.50. The Morgan fingerprint density at radius 2 is 2.05 bits per heavy atom. The van der Waals surface area contributed by atoms with E-state index in [1.54, 1.807) is 24.3 Å². The lowest BCUT2D eigenvalue weighted by atomic mass is 10.2. The molecule has 6 nitrogen and oxygen atoms in total. The molecule has 6 heteroatoms. The summed E-state index contributed by atoms with van der Waals surface area (Å²) in [4.78, 5) is 25.7. The summed E-state index contributed by atoms with van der Waals surface area (Å²) in [6.45, 7) is 5.80. The predicted octanol–water partition coefficient (Wildman–Crippen LogP) is 1.15. The van der Waals surface area contributed by atoms with E-state index in [4.69, 9.17) is 4.74 Å². The molecule has 0 saturated heterocycles. The van der Waals surface area contributed by atoms with E-state index >= 15 is 0 Å². The number of hydrogen-bond acceptors (Lipinski definition) is 4. The molecule has 0 aliphatic rings. The molecule has 0 atom stereocenters. The van der Waals surface area contributed by atoms with Crippen molar-refractivity contribution < 1.29 is 4.74 Å². The summed E-state index contributed by atoms with van der Waals surface area (Å²) in [5.74, 6) is 0. The van der Waals surface area contributed by atoms with Crippen molar-refractivity contribution >= 4 is 0 Å². The van der Waals surface area contributed by atoms with Crippen molar-refractivity contribution in [1.29, 1.82) is 0 Å². The van der Waals surface area contributed by atoms with Gasteiger partial charge in [0, 0.05) is 5.56 Å². The number of benzene rings is 1. The normalized spacial score (nSPS) is 10.4. The van der Waals surface area contributed by atoms with Crippen LogP contribution in [0, 0.1) is 0 Å². The Morgan fingerprint density at radius 3 is 2.70 bits per heavy atom. The van der Waals surface area contributed by atoms with E-state index in [2.05, 4.69) is 16.7 Å². The van der Waals surface area contributed by atoms with Gasteiger partial charge in [-0.2, -0.15) is 9.78 Å². The van der Waals surface area contributed by atoms with Crippen molar-refractivity contribution in [2.75, 3.05) is 6.61 Å². The zero-order chi connectivity index (χ0) is 14.5.